The number of hydrogen-bond acceptors (Lipinski definition) is 9. The zero-order valence-corrected chi connectivity index (χ0v) is 36.0. The number of benzene rings is 2. The minimum Gasteiger partial charge on any atom is -0.466 e. The van der Waals surface area contributed by atoms with E-state index in [1.165, 1.54) is 13.8 Å². The Hall–Kier alpha value is -0.430. The Bertz CT molecular complexity index is 1380. The van der Waals surface area contributed by atoms with Gasteiger partial charge in [-0.2, -0.15) is 0 Å². The van der Waals surface area contributed by atoms with Gasteiger partial charge in [-0.15, -0.1) is 0 Å². The van der Waals surface area contributed by atoms with E-state index in [0.717, 1.165) is 0 Å². The molecule has 0 radical (unpaired) electrons. The van der Waals surface area contributed by atoms with Crippen LogP contribution in [0.3, 0.4) is 0 Å². The van der Waals surface area contributed by atoms with E-state index < -0.39 is 29.8 Å². The first-order chi connectivity index (χ1) is 20.6. The van der Waals surface area contributed by atoms with Gasteiger partial charge in [-0.1, -0.05) is 0 Å². The Morgan fingerprint density at radius 2 is 0.932 bits per heavy atom. The van der Waals surface area contributed by atoms with E-state index in [0.29, 0.717) is 68.1 Å². The van der Waals surface area contributed by atoms with E-state index in [-0.39, 0.29) is 26.3 Å². The Morgan fingerprint density at radius 3 is 1.25 bits per heavy atom. The molecule has 13 nitrogen and oxygen atoms in total. The number of rotatable bonds is 12. The molecule has 0 aliphatic rings. The highest BCUT2D eigenvalue weighted by Gasteiger charge is 2.27. The normalized spacial score (nSPS) is 10.5. The van der Waals surface area contributed by atoms with Crippen LogP contribution in [0.25, 0.3) is 0 Å². The summed E-state index contributed by atoms with van der Waals surface area (Å²) in [4.78, 5) is 61.4. The van der Waals surface area contributed by atoms with Crippen molar-refractivity contribution in [3.8, 4) is 0 Å². The third-order valence-electron chi connectivity index (χ3n) is 5.46. The van der Waals surface area contributed by atoms with E-state index in [9.17, 15) is 24.0 Å². The zero-order valence-electron chi connectivity index (χ0n) is 23.0. The van der Waals surface area contributed by atoms with Crippen LogP contribution in [-0.4, -0.2) is 56.1 Å². The van der Waals surface area contributed by atoms with Crippen LogP contribution in [0.4, 0.5) is 27.5 Å². The molecule has 0 spiro atoms. The summed E-state index contributed by atoms with van der Waals surface area (Å²) in [7, 11) is 0. The lowest BCUT2D eigenvalue weighted by atomic mass is 10.1. The largest absolute Gasteiger partial charge is 0.466 e. The van der Waals surface area contributed by atoms with Gasteiger partial charge in [-0.3, -0.25) is 19.2 Å². The Kier molecular flexibility index (Phi) is 17.0. The molecule has 0 atom stereocenters. The van der Waals surface area contributed by atoms with Crippen molar-refractivity contribution in [2.24, 2.45) is 0 Å². The topological polar surface area (TPSA) is 204 Å². The summed E-state index contributed by atoms with van der Waals surface area (Å²) < 4.78 is 12.9. The van der Waals surface area contributed by atoms with E-state index >= 15 is 0 Å². The van der Waals surface area contributed by atoms with Gasteiger partial charge in [0.05, 0.1) is 68.5 Å². The van der Waals surface area contributed by atoms with Crippen molar-refractivity contribution in [1.82, 2.24) is 10.6 Å². The van der Waals surface area contributed by atoms with Crippen molar-refractivity contribution < 1.29 is 33.4 Å². The lowest BCUT2D eigenvalue weighted by molar-refractivity contribution is -0.141. The first-order valence-electron chi connectivity index (χ1n) is 12.4. The number of hydrogen-bond donors (Lipinski definition) is 6. The third kappa shape index (κ3) is 10.8. The average molecular weight is 1280 g/mol. The van der Waals surface area contributed by atoms with Crippen LogP contribution in [0, 0.1) is 21.4 Å². The number of nitrogens with two attached hydrogens (primary N) is 2. The molecule has 0 saturated carbocycles. The molecule has 240 valence electrons. The van der Waals surface area contributed by atoms with Gasteiger partial charge >= 0.3 is 18.0 Å². The highest BCUT2D eigenvalue weighted by molar-refractivity contribution is 14.1. The molecule has 2 aromatic carbocycles. The molecule has 0 saturated heterocycles. The van der Waals surface area contributed by atoms with Crippen molar-refractivity contribution in [3.05, 3.63) is 32.5 Å². The number of urea groups is 1. The fourth-order valence-electron chi connectivity index (χ4n) is 3.40. The lowest BCUT2D eigenvalue weighted by Gasteiger charge is -2.20. The molecular weight excluding hydrogens is 1260 g/mol. The molecule has 0 fully saturated rings. The van der Waals surface area contributed by atoms with Crippen LogP contribution in [-0.2, 0) is 19.1 Å². The predicted octanol–water partition coefficient (Wildman–Crippen LogP) is 5.49. The summed E-state index contributed by atoms with van der Waals surface area (Å²) in [5.74, 6) is -1.59. The minimum absolute atomic E-state index is 0.172. The summed E-state index contributed by atoms with van der Waals surface area (Å²) in [5.41, 5.74) is 14.5. The second-order valence-electron chi connectivity index (χ2n) is 8.69. The number of carbonyl (C=O) groups excluding carboxylic acids is 5. The minimum atomic E-state index is -0.640. The number of ether oxygens (including phenoxy) is 2. The standard InChI is InChI=1S/C25H26I6N6O7/c1-9(38)43-7-3-5-34-23(40)11-13(26)19(32)17(30)21(15(11)28)36-25(42)37-22-16(29)12(14(27)20(33)18(22)31)24(41)35-6-4-8-44-10(2)39/h3-8,32-33H2,1-2H3,(H,34,40)(H,35,41)(H2,36,37,42). The van der Waals surface area contributed by atoms with Gasteiger partial charge in [0, 0.05) is 26.9 Å². The Balaban J connectivity index is 2.30. The summed E-state index contributed by atoms with van der Waals surface area (Å²) in [6, 6.07) is -0.640. The molecule has 4 amide bonds. The van der Waals surface area contributed by atoms with Crippen LogP contribution in [0.15, 0.2) is 0 Å². The van der Waals surface area contributed by atoms with Gasteiger partial charge in [0.25, 0.3) is 11.8 Å². The summed E-state index contributed by atoms with van der Waals surface area (Å²) in [6.07, 6.45) is 0.854. The number of carbonyl (C=O) groups is 5. The van der Waals surface area contributed by atoms with Gasteiger partial charge in [0.1, 0.15) is 0 Å². The highest BCUT2D eigenvalue weighted by atomic mass is 127. The second-order valence-corrected chi connectivity index (χ2v) is 15.2. The molecule has 2 rings (SSSR count). The first kappa shape index (κ1) is 39.7. The van der Waals surface area contributed by atoms with Crippen molar-refractivity contribution in [1.29, 1.82) is 0 Å². The number of amides is 4. The fraction of sp³-hybridized carbons (Fsp3) is 0.320. The predicted molar refractivity (Wildman–Crippen MR) is 218 cm³/mol. The summed E-state index contributed by atoms with van der Waals surface area (Å²) in [6.45, 7) is 3.50. The molecule has 44 heavy (non-hydrogen) atoms. The molecule has 0 aliphatic heterocycles. The monoisotopic (exact) mass is 1280 g/mol. The molecule has 0 aromatic heterocycles. The fourth-order valence-corrected chi connectivity index (χ4v) is 11.3. The van der Waals surface area contributed by atoms with E-state index in [1.54, 1.807) is 0 Å². The number of nitrogens with one attached hydrogen (secondary N) is 4. The summed E-state index contributed by atoms with van der Waals surface area (Å²) >= 11 is 12.0. The van der Waals surface area contributed by atoms with Crippen molar-refractivity contribution in [3.63, 3.8) is 0 Å². The molecule has 19 heteroatoms. The quantitative estimate of drug-likeness (QED) is 0.0688. The Morgan fingerprint density at radius 1 is 0.591 bits per heavy atom. The molecular formula is C25H26I6N6O7. The van der Waals surface area contributed by atoms with Gasteiger partial charge in [-0.25, -0.2) is 4.79 Å². The van der Waals surface area contributed by atoms with Gasteiger partial charge in [0.15, 0.2) is 0 Å². The molecule has 0 heterocycles. The van der Waals surface area contributed by atoms with Gasteiger partial charge in [0.2, 0.25) is 0 Å². The van der Waals surface area contributed by atoms with E-state index in [2.05, 4.69) is 21.3 Å². The van der Waals surface area contributed by atoms with Crippen molar-refractivity contribution in [2.75, 3.05) is 48.4 Å². The van der Waals surface area contributed by atoms with Crippen LogP contribution in [0.2, 0.25) is 0 Å². The molecule has 0 unspecified atom stereocenters. The van der Waals surface area contributed by atoms with Crippen LogP contribution in [0.1, 0.15) is 47.4 Å². The maximum absolute atomic E-state index is 13.3. The smallest absolute Gasteiger partial charge is 0.323 e. The van der Waals surface area contributed by atoms with Crippen LogP contribution < -0.4 is 32.7 Å². The molecule has 0 aliphatic carbocycles. The van der Waals surface area contributed by atoms with Gasteiger partial charge < -0.3 is 42.2 Å². The molecule has 8 N–H and O–H groups in total. The maximum atomic E-state index is 13.3. The lowest BCUT2D eigenvalue weighted by Crippen LogP contribution is -2.30. The first-order valence-corrected chi connectivity index (χ1v) is 18.9. The molecule has 0 bridgehead atoms. The number of halogens is 6. The highest BCUT2D eigenvalue weighted by Crippen LogP contribution is 2.39. The maximum Gasteiger partial charge on any atom is 0.323 e. The Labute approximate surface area is 335 Å². The zero-order chi connectivity index (χ0) is 33.3. The number of esters is 2. The van der Waals surface area contributed by atoms with E-state index in [1.807, 2.05) is 136 Å². The average Bonchev–Trinajstić information content (AvgIpc) is 2.94. The van der Waals surface area contributed by atoms with E-state index in [4.69, 9.17) is 20.9 Å². The number of nitrogen functional groups attached to an aromatic ring is 2. The molecule has 2 aromatic rings. The van der Waals surface area contributed by atoms with Gasteiger partial charge in [-0.05, 0) is 148 Å². The van der Waals surface area contributed by atoms with Crippen molar-refractivity contribution in [2.45, 2.75) is 26.7 Å². The second kappa shape index (κ2) is 18.8. The third-order valence-corrected chi connectivity index (χ3v) is 12.1. The van der Waals surface area contributed by atoms with Crippen molar-refractivity contribution >= 4 is 188 Å². The summed E-state index contributed by atoms with van der Waals surface area (Å²) in [5, 5.41) is 11.2. The van der Waals surface area contributed by atoms with Crippen LogP contribution >= 0.6 is 136 Å². The SMILES string of the molecule is CC(=O)OCCCNC(=O)c1c(I)c(N)c(I)c(NC(=O)Nc2c(I)c(N)c(I)c(C(=O)NCCCOC(C)=O)c2I)c1I. The van der Waals surface area contributed by atoms with Crippen LogP contribution in [0.5, 0.6) is 0 Å². The number of anilines is 4.